The van der Waals surface area contributed by atoms with Gasteiger partial charge in [0, 0.05) is 25.0 Å². The first-order chi connectivity index (χ1) is 9.47. The highest BCUT2D eigenvalue weighted by molar-refractivity contribution is 5.96. The van der Waals surface area contributed by atoms with Crippen molar-refractivity contribution in [1.82, 2.24) is 9.47 Å². The van der Waals surface area contributed by atoms with Crippen LogP contribution in [0.2, 0.25) is 0 Å². The molecule has 2 rings (SSSR count). The van der Waals surface area contributed by atoms with Crippen LogP contribution in [0.5, 0.6) is 0 Å². The highest BCUT2D eigenvalue weighted by Gasteiger charge is 2.09. The third-order valence-corrected chi connectivity index (χ3v) is 3.24. The highest BCUT2D eigenvalue weighted by Crippen LogP contribution is 2.20. The first-order valence-electron chi connectivity index (χ1n) is 6.77. The van der Waals surface area contributed by atoms with Crippen LogP contribution < -0.4 is 11.1 Å². The van der Waals surface area contributed by atoms with Gasteiger partial charge in [-0.1, -0.05) is 6.07 Å². The predicted octanol–water partition coefficient (Wildman–Crippen LogP) is 1.49. The Hall–Kier alpha value is -1.85. The van der Waals surface area contributed by atoms with Gasteiger partial charge in [-0.05, 0) is 44.6 Å². The van der Waals surface area contributed by atoms with Crippen LogP contribution in [0.3, 0.4) is 0 Å². The number of hydrogen-bond donors (Lipinski definition) is 2. The van der Waals surface area contributed by atoms with Gasteiger partial charge in [0.25, 0.3) is 0 Å². The molecule has 20 heavy (non-hydrogen) atoms. The standard InChI is InChI=1S/C15H22N4O/c1-11(16)15(20)17-13-5-4-12-6-7-19(14(12)10-13)9-8-18(2)3/h4-7,10-11H,8-9,16H2,1-3H3,(H,17,20). The van der Waals surface area contributed by atoms with Gasteiger partial charge in [-0.3, -0.25) is 4.79 Å². The Morgan fingerprint density at radius 1 is 1.40 bits per heavy atom. The summed E-state index contributed by atoms with van der Waals surface area (Å²) in [5.74, 6) is -0.171. The van der Waals surface area contributed by atoms with E-state index in [4.69, 9.17) is 5.73 Å². The highest BCUT2D eigenvalue weighted by atomic mass is 16.2. The van der Waals surface area contributed by atoms with Gasteiger partial charge >= 0.3 is 0 Å². The summed E-state index contributed by atoms with van der Waals surface area (Å²) in [6, 6.07) is 7.48. The van der Waals surface area contributed by atoms with Crippen molar-refractivity contribution in [3.8, 4) is 0 Å². The fraction of sp³-hybridized carbons (Fsp3) is 0.400. The van der Waals surface area contributed by atoms with E-state index in [1.807, 2.05) is 18.2 Å². The fourth-order valence-corrected chi connectivity index (χ4v) is 2.02. The molecule has 1 aromatic carbocycles. The summed E-state index contributed by atoms with van der Waals surface area (Å²) < 4.78 is 2.19. The van der Waals surface area contributed by atoms with Crippen molar-refractivity contribution in [1.29, 1.82) is 0 Å². The molecule has 1 unspecified atom stereocenters. The van der Waals surface area contributed by atoms with E-state index in [1.165, 1.54) is 5.39 Å². The van der Waals surface area contributed by atoms with Gasteiger partial charge in [-0.2, -0.15) is 0 Å². The van der Waals surface area contributed by atoms with E-state index >= 15 is 0 Å². The SMILES string of the molecule is CC(N)C(=O)Nc1ccc2ccn(CCN(C)C)c2c1. The van der Waals surface area contributed by atoms with Crippen molar-refractivity contribution in [3.05, 3.63) is 30.5 Å². The summed E-state index contributed by atoms with van der Waals surface area (Å²) in [6.45, 7) is 3.56. The Kier molecular flexibility index (Phi) is 4.42. The van der Waals surface area contributed by atoms with Crippen molar-refractivity contribution in [2.45, 2.75) is 19.5 Å². The summed E-state index contributed by atoms with van der Waals surface area (Å²) in [4.78, 5) is 13.8. The lowest BCUT2D eigenvalue weighted by atomic mass is 10.2. The number of carbonyl (C=O) groups is 1. The number of anilines is 1. The lowest BCUT2D eigenvalue weighted by molar-refractivity contribution is -0.117. The maximum absolute atomic E-state index is 11.6. The zero-order valence-electron chi connectivity index (χ0n) is 12.3. The molecule has 1 amide bonds. The zero-order valence-corrected chi connectivity index (χ0v) is 12.3. The number of nitrogens with one attached hydrogen (secondary N) is 1. The quantitative estimate of drug-likeness (QED) is 0.868. The number of carbonyl (C=O) groups excluding carboxylic acids is 1. The largest absolute Gasteiger partial charge is 0.346 e. The minimum atomic E-state index is -0.508. The topological polar surface area (TPSA) is 63.3 Å². The van der Waals surface area contributed by atoms with E-state index in [1.54, 1.807) is 6.92 Å². The molecule has 3 N–H and O–H groups in total. The summed E-state index contributed by atoms with van der Waals surface area (Å²) in [7, 11) is 4.11. The third-order valence-electron chi connectivity index (χ3n) is 3.24. The maximum atomic E-state index is 11.6. The maximum Gasteiger partial charge on any atom is 0.240 e. The molecule has 0 spiro atoms. The number of aromatic nitrogens is 1. The van der Waals surface area contributed by atoms with Gasteiger partial charge in [0.2, 0.25) is 5.91 Å². The molecule has 0 aliphatic heterocycles. The van der Waals surface area contributed by atoms with Crippen LogP contribution in [0.4, 0.5) is 5.69 Å². The Labute approximate surface area is 119 Å². The van der Waals surface area contributed by atoms with Gasteiger partial charge in [0.15, 0.2) is 0 Å². The molecule has 0 bridgehead atoms. The van der Waals surface area contributed by atoms with E-state index in [-0.39, 0.29) is 5.91 Å². The number of fused-ring (bicyclic) bond motifs is 1. The van der Waals surface area contributed by atoms with Crippen LogP contribution >= 0.6 is 0 Å². The summed E-state index contributed by atoms with van der Waals surface area (Å²) in [6.07, 6.45) is 2.07. The molecule has 1 aromatic heterocycles. The molecule has 0 saturated heterocycles. The van der Waals surface area contributed by atoms with Gasteiger partial charge in [-0.25, -0.2) is 0 Å². The molecule has 5 nitrogen and oxygen atoms in total. The molecule has 1 heterocycles. The minimum Gasteiger partial charge on any atom is -0.346 e. The number of nitrogens with zero attached hydrogens (tertiary/aromatic N) is 2. The molecule has 0 saturated carbocycles. The average molecular weight is 274 g/mol. The molecular formula is C15H22N4O. The van der Waals surface area contributed by atoms with Crippen molar-refractivity contribution >= 4 is 22.5 Å². The van der Waals surface area contributed by atoms with Crippen molar-refractivity contribution in [2.75, 3.05) is 26.0 Å². The number of benzene rings is 1. The molecule has 0 radical (unpaired) electrons. The number of hydrogen-bond acceptors (Lipinski definition) is 3. The van der Waals surface area contributed by atoms with Crippen LogP contribution in [-0.4, -0.2) is 42.1 Å². The number of nitrogens with two attached hydrogens (primary N) is 1. The van der Waals surface area contributed by atoms with Crippen molar-refractivity contribution < 1.29 is 4.79 Å². The summed E-state index contributed by atoms with van der Waals surface area (Å²) >= 11 is 0. The second-order valence-corrected chi connectivity index (χ2v) is 5.36. The first-order valence-corrected chi connectivity index (χ1v) is 6.77. The van der Waals surface area contributed by atoms with Crippen molar-refractivity contribution in [3.63, 3.8) is 0 Å². The number of rotatable bonds is 5. The second kappa shape index (κ2) is 6.07. The van der Waals surface area contributed by atoms with Crippen LogP contribution in [-0.2, 0) is 11.3 Å². The molecule has 1 atom stereocenters. The predicted molar refractivity (Wildman–Crippen MR) is 82.8 cm³/mol. The summed E-state index contributed by atoms with van der Waals surface area (Å²) in [5, 5.41) is 4.00. The fourth-order valence-electron chi connectivity index (χ4n) is 2.02. The Bertz CT molecular complexity index is 601. The molecule has 0 aliphatic carbocycles. The van der Waals surface area contributed by atoms with Crippen LogP contribution in [0.15, 0.2) is 30.5 Å². The van der Waals surface area contributed by atoms with Crippen LogP contribution in [0, 0.1) is 0 Å². The van der Waals surface area contributed by atoms with Crippen LogP contribution in [0.1, 0.15) is 6.92 Å². The smallest absolute Gasteiger partial charge is 0.240 e. The Morgan fingerprint density at radius 3 is 2.80 bits per heavy atom. The normalized spacial score (nSPS) is 12.8. The molecule has 2 aromatic rings. The van der Waals surface area contributed by atoms with Gasteiger partial charge in [0.1, 0.15) is 0 Å². The average Bonchev–Trinajstić information content (AvgIpc) is 2.78. The van der Waals surface area contributed by atoms with E-state index in [0.29, 0.717) is 0 Å². The number of amides is 1. The minimum absolute atomic E-state index is 0.171. The van der Waals surface area contributed by atoms with Crippen LogP contribution in [0.25, 0.3) is 10.9 Å². The number of likely N-dealkylation sites (N-methyl/N-ethyl adjacent to an activating group) is 1. The lowest BCUT2D eigenvalue weighted by Crippen LogP contribution is -2.32. The third kappa shape index (κ3) is 3.37. The molecule has 0 fully saturated rings. The molecule has 5 heteroatoms. The molecular weight excluding hydrogens is 252 g/mol. The zero-order chi connectivity index (χ0) is 14.7. The molecule has 108 valence electrons. The summed E-state index contributed by atoms with van der Waals surface area (Å²) in [5.41, 5.74) is 7.47. The van der Waals surface area contributed by atoms with E-state index in [9.17, 15) is 4.79 Å². The Balaban J connectivity index is 2.22. The van der Waals surface area contributed by atoms with E-state index in [2.05, 4.69) is 41.1 Å². The van der Waals surface area contributed by atoms with E-state index in [0.717, 1.165) is 24.3 Å². The monoisotopic (exact) mass is 274 g/mol. The second-order valence-electron chi connectivity index (χ2n) is 5.36. The lowest BCUT2D eigenvalue weighted by Gasteiger charge is -2.12. The Morgan fingerprint density at radius 2 is 2.15 bits per heavy atom. The van der Waals surface area contributed by atoms with Gasteiger partial charge in [0.05, 0.1) is 11.6 Å². The van der Waals surface area contributed by atoms with Gasteiger partial charge < -0.3 is 20.5 Å². The van der Waals surface area contributed by atoms with E-state index < -0.39 is 6.04 Å². The van der Waals surface area contributed by atoms with Gasteiger partial charge in [-0.15, -0.1) is 0 Å². The van der Waals surface area contributed by atoms with Crippen molar-refractivity contribution in [2.24, 2.45) is 5.73 Å². The first kappa shape index (κ1) is 14.6. The molecule has 0 aliphatic rings.